The summed E-state index contributed by atoms with van der Waals surface area (Å²) in [4.78, 5) is 12.7. The molecule has 4 rings (SSSR count). The summed E-state index contributed by atoms with van der Waals surface area (Å²) in [7, 11) is 0. The van der Waals surface area contributed by atoms with Crippen molar-refractivity contribution in [3.05, 3.63) is 71.2 Å². The summed E-state index contributed by atoms with van der Waals surface area (Å²) in [5.41, 5.74) is 0.980. The van der Waals surface area contributed by atoms with E-state index in [2.05, 4.69) is 10.4 Å². The normalized spacial score (nSPS) is 16.6. The van der Waals surface area contributed by atoms with Gasteiger partial charge in [-0.2, -0.15) is 13.2 Å². The van der Waals surface area contributed by atoms with E-state index in [1.807, 2.05) is 6.92 Å². The first-order valence-corrected chi connectivity index (χ1v) is 9.07. The van der Waals surface area contributed by atoms with E-state index in [0.717, 1.165) is 12.1 Å². The molecular formula is C21H17F4N3O. The number of nitrogens with zero attached hydrogens (tertiary/aromatic N) is 2. The lowest BCUT2D eigenvalue weighted by Gasteiger charge is -2.19. The standard InChI is InChI=1S/C21H17F4N3O/c1-12-9-17-19(18(29)10-12)20(27-28(17)16-7-5-14(22)6-8-16)26-15-4-2-3-13(11-15)21(23,24)25/h2-8,11-12H,9-10H2,1H3,(H,26,27)/t12-/m0/s1. The van der Waals surface area contributed by atoms with Gasteiger partial charge in [0.1, 0.15) is 5.82 Å². The van der Waals surface area contributed by atoms with Crippen molar-refractivity contribution in [3.8, 4) is 5.69 Å². The van der Waals surface area contributed by atoms with Crippen LogP contribution in [0.15, 0.2) is 48.5 Å². The molecule has 0 spiro atoms. The van der Waals surface area contributed by atoms with Gasteiger partial charge in [0.2, 0.25) is 0 Å². The van der Waals surface area contributed by atoms with Gasteiger partial charge < -0.3 is 5.32 Å². The average molecular weight is 403 g/mol. The first-order chi connectivity index (χ1) is 13.7. The maximum atomic E-state index is 13.3. The van der Waals surface area contributed by atoms with Crippen LogP contribution in [0.25, 0.3) is 5.69 Å². The molecule has 150 valence electrons. The third-order valence-electron chi connectivity index (χ3n) is 4.86. The van der Waals surface area contributed by atoms with E-state index in [1.54, 1.807) is 16.8 Å². The van der Waals surface area contributed by atoms with Gasteiger partial charge in [-0.25, -0.2) is 9.07 Å². The highest BCUT2D eigenvalue weighted by Gasteiger charge is 2.32. The highest BCUT2D eigenvalue weighted by molar-refractivity contribution is 6.03. The smallest absolute Gasteiger partial charge is 0.338 e. The van der Waals surface area contributed by atoms with Crippen LogP contribution >= 0.6 is 0 Å². The summed E-state index contributed by atoms with van der Waals surface area (Å²) in [5.74, 6) is -0.226. The molecule has 0 unspecified atom stereocenters. The topological polar surface area (TPSA) is 46.9 Å². The van der Waals surface area contributed by atoms with Gasteiger partial charge in [0.05, 0.1) is 22.5 Å². The summed E-state index contributed by atoms with van der Waals surface area (Å²) in [6, 6.07) is 10.4. The van der Waals surface area contributed by atoms with Crippen LogP contribution in [0.1, 0.15) is 35.0 Å². The molecule has 0 amide bonds. The molecule has 0 aliphatic heterocycles. The molecule has 2 aromatic carbocycles. The number of Topliss-reactive ketones (excluding diaryl/α,β-unsaturated/α-hetero) is 1. The third-order valence-corrected chi connectivity index (χ3v) is 4.86. The Morgan fingerprint density at radius 1 is 1.10 bits per heavy atom. The molecule has 29 heavy (non-hydrogen) atoms. The molecule has 3 aromatic rings. The van der Waals surface area contributed by atoms with Crippen LogP contribution < -0.4 is 5.32 Å². The Labute approximate surface area is 164 Å². The summed E-state index contributed by atoms with van der Waals surface area (Å²) < 4.78 is 53.9. The second-order valence-corrected chi connectivity index (χ2v) is 7.20. The molecule has 4 nitrogen and oxygen atoms in total. The zero-order chi connectivity index (χ0) is 20.8. The van der Waals surface area contributed by atoms with Gasteiger partial charge >= 0.3 is 6.18 Å². The summed E-state index contributed by atoms with van der Waals surface area (Å²) >= 11 is 0. The Morgan fingerprint density at radius 2 is 1.83 bits per heavy atom. The van der Waals surface area contributed by atoms with Gasteiger partial charge in [0.15, 0.2) is 11.6 Å². The number of ketones is 1. The van der Waals surface area contributed by atoms with E-state index in [9.17, 15) is 22.4 Å². The highest BCUT2D eigenvalue weighted by Crippen LogP contribution is 2.35. The number of hydrogen-bond acceptors (Lipinski definition) is 3. The van der Waals surface area contributed by atoms with E-state index >= 15 is 0 Å². The second kappa shape index (κ2) is 7.02. The van der Waals surface area contributed by atoms with E-state index in [4.69, 9.17) is 0 Å². The van der Waals surface area contributed by atoms with Crippen LogP contribution in [-0.2, 0) is 12.6 Å². The number of fused-ring (bicyclic) bond motifs is 1. The summed E-state index contributed by atoms with van der Waals surface area (Å²) in [6.45, 7) is 1.95. The summed E-state index contributed by atoms with van der Waals surface area (Å²) in [6.07, 6.45) is -3.56. The minimum absolute atomic E-state index is 0.104. The Morgan fingerprint density at radius 3 is 2.52 bits per heavy atom. The van der Waals surface area contributed by atoms with E-state index in [1.165, 1.54) is 24.3 Å². The average Bonchev–Trinajstić information content (AvgIpc) is 3.00. The predicted octanol–water partition coefficient (Wildman–Crippen LogP) is 5.54. The Kier molecular flexibility index (Phi) is 4.64. The highest BCUT2D eigenvalue weighted by atomic mass is 19.4. The van der Waals surface area contributed by atoms with E-state index in [0.29, 0.717) is 29.8 Å². The number of anilines is 2. The largest absolute Gasteiger partial charge is 0.416 e. The molecule has 1 heterocycles. The van der Waals surface area contributed by atoms with Gasteiger partial charge in [-0.3, -0.25) is 4.79 Å². The third kappa shape index (κ3) is 3.74. The van der Waals surface area contributed by atoms with Crippen LogP contribution in [0.3, 0.4) is 0 Å². The molecule has 0 saturated carbocycles. The Balaban J connectivity index is 1.79. The fraction of sp³-hybridized carbons (Fsp3) is 0.238. The number of aromatic nitrogens is 2. The molecule has 1 aliphatic carbocycles. The molecule has 0 fully saturated rings. The molecule has 8 heteroatoms. The molecule has 0 bridgehead atoms. The fourth-order valence-electron chi connectivity index (χ4n) is 3.55. The second-order valence-electron chi connectivity index (χ2n) is 7.20. The number of benzene rings is 2. The lowest BCUT2D eigenvalue weighted by Crippen LogP contribution is -2.19. The minimum Gasteiger partial charge on any atom is -0.338 e. The van der Waals surface area contributed by atoms with Crippen molar-refractivity contribution in [1.82, 2.24) is 9.78 Å². The first-order valence-electron chi connectivity index (χ1n) is 9.07. The molecule has 1 aromatic heterocycles. The van der Waals surface area contributed by atoms with Crippen LogP contribution in [0, 0.1) is 11.7 Å². The molecule has 1 atom stereocenters. The number of rotatable bonds is 3. The van der Waals surface area contributed by atoms with Crippen molar-refractivity contribution in [2.24, 2.45) is 5.92 Å². The molecule has 1 aliphatic rings. The fourth-order valence-corrected chi connectivity index (χ4v) is 3.55. The zero-order valence-corrected chi connectivity index (χ0v) is 15.4. The number of carbonyl (C=O) groups excluding carboxylic acids is 1. The maximum Gasteiger partial charge on any atom is 0.416 e. The maximum absolute atomic E-state index is 13.3. The number of nitrogens with one attached hydrogen (secondary N) is 1. The first kappa shape index (κ1) is 19.2. The number of carbonyl (C=O) groups is 1. The zero-order valence-electron chi connectivity index (χ0n) is 15.4. The van der Waals surface area contributed by atoms with Crippen molar-refractivity contribution in [2.45, 2.75) is 25.9 Å². The predicted molar refractivity (Wildman–Crippen MR) is 100 cm³/mol. The van der Waals surface area contributed by atoms with Gasteiger partial charge in [-0.05, 0) is 54.8 Å². The van der Waals surface area contributed by atoms with Gasteiger partial charge in [-0.1, -0.05) is 13.0 Å². The number of hydrogen-bond donors (Lipinski definition) is 1. The number of halogens is 4. The SMILES string of the molecule is C[C@@H]1CC(=O)c2c(Nc3cccc(C(F)(F)F)c3)nn(-c3ccc(F)cc3)c2C1. The van der Waals surface area contributed by atoms with Gasteiger partial charge in [-0.15, -0.1) is 5.10 Å². The van der Waals surface area contributed by atoms with Crippen molar-refractivity contribution >= 4 is 17.3 Å². The quantitative estimate of drug-likeness (QED) is 0.584. The minimum atomic E-state index is -4.48. The van der Waals surface area contributed by atoms with Crippen molar-refractivity contribution < 1.29 is 22.4 Å². The lowest BCUT2D eigenvalue weighted by molar-refractivity contribution is -0.137. The molecule has 1 N–H and O–H groups in total. The van der Waals surface area contributed by atoms with Crippen molar-refractivity contribution in [2.75, 3.05) is 5.32 Å². The monoisotopic (exact) mass is 403 g/mol. The van der Waals surface area contributed by atoms with E-state index < -0.39 is 17.6 Å². The lowest BCUT2D eigenvalue weighted by atomic mass is 9.87. The van der Waals surface area contributed by atoms with Crippen LogP contribution in [0.5, 0.6) is 0 Å². The molecular weight excluding hydrogens is 386 g/mol. The van der Waals surface area contributed by atoms with Crippen LogP contribution in [0.4, 0.5) is 29.1 Å². The summed E-state index contributed by atoms with van der Waals surface area (Å²) in [5, 5.41) is 7.31. The van der Waals surface area contributed by atoms with Crippen LogP contribution in [0.2, 0.25) is 0 Å². The van der Waals surface area contributed by atoms with Gasteiger partial charge in [0.25, 0.3) is 0 Å². The molecule has 0 saturated heterocycles. The van der Waals surface area contributed by atoms with Gasteiger partial charge in [0, 0.05) is 12.1 Å². The van der Waals surface area contributed by atoms with Crippen molar-refractivity contribution in [1.29, 1.82) is 0 Å². The Hall–Kier alpha value is -3.16. The molecule has 0 radical (unpaired) electrons. The van der Waals surface area contributed by atoms with E-state index in [-0.39, 0.29) is 23.2 Å². The van der Waals surface area contributed by atoms with Crippen molar-refractivity contribution in [3.63, 3.8) is 0 Å². The number of alkyl halides is 3. The Bertz CT molecular complexity index is 1070. The van der Waals surface area contributed by atoms with Crippen LogP contribution in [-0.4, -0.2) is 15.6 Å².